The Hall–Kier alpha value is -3.76. The standard InChI is InChI=1S/C23H21ClN6O3S/c1-3-30(18-7-5-4-6-8-18)34(32,33)19-10-11-21(24)20(14-19)23(31)26-17-9-12-22(16(2)13-17)29-15-25-27-28-29/h4-15H,3H2,1-2H3,(H,26,31). The predicted octanol–water partition coefficient (Wildman–Crippen LogP) is 4.09. The number of hydrogen-bond acceptors (Lipinski definition) is 6. The summed E-state index contributed by atoms with van der Waals surface area (Å²) in [5.74, 6) is -0.528. The Labute approximate surface area is 202 Å². The fourth-order valence-corrected chi connectivity index (χ4v) is 5.22. The maximum Gasteiger partial charge on any atom is 0.264 e. The number of nitrogens with one attached hydrogen (secondary N) is 1. The Bertz CT molecular complexity index is 1430. The van der Waals surface area contributed by atoms with Crippen molar-refractivity contribution in [3.05, 3.63) is 89.2 Å². The molecule has 0 atom stereocenters. The third kappa shape index (κ3) is 4.63. The normalized spacial score (nSPS) is 11.3. The topological polar surface area (TPSA) is 110 Å². The first-order valence-corrected chi connectivity index (χ1v) is 12.2. The van der Waals surface area contributed by atoms with Gasteiger partial charge in [0.1, 0.15) is 6.33 Å². The molecule has 0 spiro atoms. The number of benzene rings is 3. The summed E-state index contributed by atoms with van der Waals surface area (Å²) in [5.41, 5.74) is 2.69. The number of tetrazole rings is 1. The average molecular weight is 497 g/mol. The van der Waals surface area contributed by atoms with Gasteiger partial charge < -0.3 is 5.32 Å². The van der Waals surface area contributed by atoms with Crippen LogP contribution < -0.4 is 9.62 Å². The van der Waals surface area contributed by atoms with Crippen LogP contribution in [0.2, 0.25) is 5.02 Å². The number of sulfonamides is 1. The monoisotopic (exact) mass is 496 g/mol. The van der Waals surface area contributed by atoms with Crippen molar-refractivity contribution in [3.8, 4) is 5.69 Å². The quantitative estimate of drug-likeness (QED) is 0.412. The van der Waals surface area contributed by atoms with E-state index in [4.69, 9.17) is 11.6 Å². The lowest BCUT2D eigenvalue weighted by atomic mass is 10.1. The van der Waals surface area contributed by atoms with Gasteiger partial charge in [0.25, 0.3) is 15.9 Å². The van der Waals surface area contributed by atoms with Crippen molar-refractivity contribution in [2.75, 3.05) is 16.2 Å². The van der Waals surface area contributed by atoms with Crippen LogP contribution in [0.15, 0.2) is 78.0 Å². The van der Waals surface area contributed by atoms with Crippen molar-refractivity contribution < 1.29 is 13.2 Å². The minimum Gasteiger partial charge on any atom is -0.322 e. The molecule has 0 aliphatic heterocycles. The fourth-order valence-electron chi connectivity index (χ4n) is 3.51. The molecular formula is C23H21ClN6O3S. The van der Waals surface area contributed by atoms with E-state index in [9.17, 15) is 13.2 Å². The number of hydrogen-bond donors (Lipinski definition) is 1. The van der Waals surface area contributed by atoms with Crippen molar-refractivity contribution in [2.45, 2.75) is 18.7 Å². The van der Waals surface area contributed by atoms with E-state index in [1.54, 1.807) is 49.4 Å². The first kappa shape index (κ1) is 23.4. The summed E-state index contributed by atoms with van der Waals surface area (Å²) in [6.07, 6.45) is 1.47. The molecule has 11 heteroatoms. The molecule has 0 aliphatic rings. The number of aromatic nitrogens is 4. The average Bonchev–Trinajstić information content (AvgIpc) is 3.35. The van der Waals surface area contributed by atoms with Gasteiger partial charge in [0.05, 0.1) is 26.9 Å². The number of halogens is 1. The molecule has 1 aromatic heterocycles. The smallest absolute Gasteiger partial charge is 0.264 e. The minimum atomic E-state index is -3.91. The van der Waals surface area contributed by atoms with E-state index < -0.39 is 15.9 Å². The SMILES string of the molecule is CCN(c1ccccc1)S(=O)(=O)c1ccc(Cl)c(C(=O)Nc2ccc(-n3cnnn3)c(C)c2)c1. The predicted molar refractivity (Wildman–Crippen MR) is 130 cm³/mol. The zero-order valence-electron chi connectivity index (χ0n) is 18.4. The van der Waals surface area contributed by atoms with Gasteiger partial charge in [0.2, 0.25) is 0 Å². The van der Waals surface area contributed by atoms with Crippen LogP contribution in [0.3, 0.4) is 0 Å². The summed E-state index contributed by atoms with van der Waals surface area (Å²) in [7, 11) is -3.91. The Kier molecular flexibility index (Phi) is 6.62. The number of carbonyl (C=O) groups is 1. The molecular weight excluding hydrogens is 476 g/mol. The first-order valence-electron chi connectivity index (χ1n) is 10.3. The summed E-state index contributed by atoms with van der Waals surface area (Å²) in [6.45, 7) is 3.83. The van der Waals surface area contributed by atoms with Gasteiger partial charge in [-0.05, 0) is 78.4 Å². The molecule has 1 amide bonds. The van der Waals surface area contributed by atoms with Gasteiger partial charge in [-0.1, -0.05) is 29.8 Å². The number of carbonyl (C=O) groups excluding carboxylic acids is 1. The summed E-state index contributed by atoms with van der Waals surface area (Å²) >= 11 is 6.27. The van der Waals surface area contributed by atoms with Crippen LogP contribution >= 0.6 is 11.6 Å². The molecule has 0 aliphatic carbocycles. The third-order valence-corrected chi connectivity index (χ3v) is 7.38. The van der Waals surface area contributed by atoms with Crippen LogP contribution in [0.4, 0.5) is 11.4 Å². The highest BCUT2D eigenvalue weighted by Gasteiger charge is 2.25. The number of para-hydroxylation sites is 1. The Morgan fingerprint density at radius 1 is 1.09 bits per heavy atom. The molecule has 0 fully saturated rings. The Morgan fingerprint density at radius 2 is 1.85 bits per heavy atom. The fraction of sp³-hybridized carbons (Fsp3) is 0.130. The number of amides is 1. The minimum absolute atomic E-state index is 0.0297. The van der Waals surface area contributed by atoms with E-state index in [0.29, 0.717) is 11.4 Å². The molecule has 9 nitrogen and oxygen atoms in total. The molecule has 0 saturated carbocycles. The number of rotatable bonds is 7. The molecule has 0 bridgehead atoms. The van der Waals surface area contributed by atoms with Crippen LogP contribution in [0, 0.1) is 6.92 Å². The van der Waals surface area contributed by atoms with Crippen molar-refractivity contribution in [1.29, 1.82) is 0 Å². The summed E-state index contributed by atoms with van der Waals surface area (Å²) < 4.78 is 29.5. The summed E-state index contributed by atoms with van der Waals surface area (Å²) in [5, 5.41) is 14.0. The molecule has 1 N–H and O–H groups in total. The highest BCUT2D eigenvalue weighted by molar-refractivity contribution is 7.92. The van der Waals surface area contributed by atoms with Gasteiger partial charge in [-0.15, -0.1) is 5.10 Å². The van der Waals surface area contributed by atoms with Gasteiger partial charge in [0, 0.05) is 12.2 Å². The third-order valence-electron chi connectivity index (χ3n) is 5.15. The molecule has 3 aromatic carbocycles. The Balaban J connectivity index is 1.62. The number of aryl methyl sites for hydroxylation is 1. The molecule has 174 valence electrons. The lowest BCUT2D eigenvalue weighted by Gasteiger charge is -2.23. The number of nitrogens with zero attached hydrogens (tertiary/aromatic N) is 5. The molecule has 0 radical (unpaired) electrons. The first-order chi connectivity index (χ1) is 16.3. The van der Waals surface area contributed by atoms with Gasteiger partial charge in [0.15, 0.2) is 0 Å². The van der Waals surface area contributed by atoms with E-state index in [1.807, 2.05) is 13.0 Å². The van der Waals surface area contributed by atoms with Crippen LogP contribution in [0.25, 0.3) is 5.69 Å². The zero-order chi connectivity index (χ0) is 24.3. The van der Waals surface area contributed by atoms with E-state index in [1.165, 1.54) is 33.5 Å². The van der Waals surface area contributed by atoms with Crippen molar-refractivity contribution >= 4 is 38.9 Å². The molecule has 34 heavy (non-hydrogen) atoms. The van der Waals surface area contributed by atoms with Crippen LogP contribution in [-0.2, 0) is 10.0 Å². The van der Waals surface area contributed by atoms with Crippen LogP contribution in [0.5, 0.6) is 0 Å². The molecule has 4 rings (SSSR count). The van der Waals surface area contributed by atoms with Gasteiger partial charge in [-0.2, -0.15) is 0 Å². The molecule has 1 heterocycles. The number of anilines is 2. The van der Waals surface area contributed by atoms with Crippen molar-refractivity contribution in [2.24, 2.45) is 0 Å². The van der Waals surface area contributed by atoms with Crippen LogP contribution in [-0.4, -0.2) is 41.1 Å². The van der Waals surface area contributed by atoms with Crippen molar-refractivity contribution in [1.82, 2.24) is 20.2 Å². The Morgan fingerprint density at radius 3 is 2.50 bits per heavy atom. The second-order valence-electron chi connectivity index (χ2n) is 7.36. The van der Waals surface area contributed by atoms with Gasteiger partial charge in [-0.3, -0.25) is 9.10 Å². The maximum atomic E-state index is 13.3. The second-order valence-corrected chi connectivity index (χ2v) is 9.63. The van der Waals surface area contributed by atoms with E-state index in [-0.39, 0.29) is 22.0 Å². The second kappa shape index (κ2) is 9.62. The van der Waals surface area contributed by atoms with Gasteiger partial charge in [-0.25, -0.2) is 13.1 Å². The summed E-state index contributed by atoms with van der Waals surface area (Å²) in [6, 6.07) is 18.1. The lowest BCUT2D eigenvalue weighted by molar-refractivity contribution is 0.102. The van der Waals surface area contributed by atoms with Gasteiger partial charge >= 0.3 is 0 Å². The maximum absolute atomic E-state index is 13.3. The molecule has 0 saturated heterocycles. The lowest BCUT2D eigenvalue weighted by Crippen LogP contribution is -2.31. The van der Waals surface area contributed by atoms with Crippen molar-refractivity contribution in [3.63, 3.8) is 0 Å². The highest BCUT2D eigenvalue weighted by Crippen LogP contribution is 2.27. The van der Waals surface area contributed by atoms with Crippen LogP contribution in [0.1, 0.15) is 22.8 Å². The largest absolute Gasteiger partial charge is 0.322 e. The van der Waals surface area contributed by atoms with E-state index >= 15 is 0 Å². The van der Waals surface area contributed by atoms with E-state index in [0.717, 1.165) is 11.3 Å². The molecule has 4 aromatic rings. The van der Waals surface area contributed by atoms with E-state index in [2.05, 4.69) is 20.8 Å². The highest BCUT2D eigenvalue weighted by atomic mass is 35.5. The zero-order valence-corrected chi connectivity index (χ0v) is 20.0. The molecule has 0 unspecified atom stereocenters. The summed E-state index contributed by atoms with van der Waals surface area (Å²) in [4.78, 5) is 13.0.